The maximum atomic E-state index is 11.7. The molecule has 5 heteroatoms. The van der Waals surface area contributed by atoms with Gasteiger partial charge in [-0.3, -0.25) is 4.79 Å². The fourth-order valence-electron chi connectivity index (χ4n) is 1.87. The van der Waals surface area contributed by atoms with Crippen LogP contribution in [0.15, 0.2) is 54.6 Å². The second kappa shape index (κ2) is 9.36. The van der Waals surface area contributed by atoms with Crippen molar-refractivity contribution in [2.24, 2.45) is 0 Å². The summed E-state index contributed by atoms with van der Waals surface area (Å²) < 4.78 is 5.49. The summed E-state index contributed by atoms with van der Waals surface area (Å²) in [5, 5.41) is 3.82. The van der Waals surface area contributed by atoms with Crippen LogP contribution in [0.25, 0.3) is 6.08 Å². The molecule has 120 valence electrons. The molecule has 0 aliphatic rings. The third kappa shape index (κ3) is 6.45. The van der Waals surface area contributed by atoms with Crippen molar-refractivity contribution in [2.75, 3.05) is 13.2 Å². The first-order valence-electron chi connectivity index (χ1n) is 7.18. The molecular formula is C18H17Cl2NO2. The fourth-order valence-corrected chi connectivity index (χ4v) is 2.34. The molecule has 2 aromatic carbocycles. The van der Waals surface area contributed by atoms with E-state index in [4.69, 9.17) is 27.9 Å². The van der Waals surface area contributed by atoms with Crippen molar-refractivity contribution in [2.45, 2.75) is 6.61 Å². The van der Waals surface area contributed by atoms with E-state index in [1.807, 2.05) is 30.3 Å². The van der Waals surface area contributed by atoms with Crippen LogP contribution in [0.4, 0.5) is 0 Å². The lowest BCUT2D eigenvalue weighted by Gasteiger charge is -2.05. The molecule has 0 saturated heterocycles. The minimum Gasteiger partial charge on any atom is -0.375 e. The van der Waals surface area contributed by atoms with Gasteiger partial charge < -0.3 is 10.1 Å². The van der Waals surface area contributed by atoms with Crippen LogP contribution in [0.5, 0.6) is 0 Å². The summed E-state index contributed by atoms with van der Waals surface area (Å²) in [7, 11) is 0. The molecule has 0 saturated carbocycles. The molecule has 1 N–H and O–H groups in total. The zero-order chi connectivity index (χ0) is 16.5. The Balaban J connectivity index is 1.68. The summed E-state index contributed by atoms with van der Waals surface area (Å²) in [6.07, 6.45) is 3.09. The zero-order valence-corrected chi connectivity index (χ0v) is 14.0. The lowest BCUT2D eigenvalue weighted by molar-refractivity contribution is -0.116. The van der Waals surface area contributed by atoms with Crippen LogP contribution in [0.1, 0.15) is 11.1 Å². The largest absolute Gasteiger partial charge is 0.375 e. The van der Waals surface area contributed by atoms with Gasteiger partial charge in [-0.15, -0.1) is 0 Å². The molecule has 0 aromatic heterocycles. The van der Waals surface area contributed by atoms with Gasteiger partial charge in [-0.1, -0.05) is 59.6 Å². The lowest BCUT2D eigenvalue weighted by atomic mass is 10.2. The summed E-state index contributed by atoms with van der Waals surface area (Å²) in [6, 6.07) is 15.0. The average molecular weight is 350 g/mol. The van der Waals surface area contributed by atoms with Crippen LogP contribution in [-0.4, -0.2) is 19.1 Å². The monoisotopic (exact) mass is 349 g/mol. The van der Waals surface area contributed by atoms with Crippen molar-refractivity contribution in [3.05, 3.63) is 75.8 Å². The molecule has 2 rings (SSSR count). The summed E-state index contributed by atoms with van der Waals surface area (Å²) in [5.41, 5.74) is 1.85. The molecule has 0 fully saturated rings. The Morgan fingerprint density at radius 3 is 2.65 bits per heavy atom. The standard InChI is InChI=1S/C18H17Cl2NO2/c19-16-8-6-15(17(20)12-16)7-9-18(22)21-10-11-23-13-14-4-2-1-3-5-14/h1-9,12H,10-11,13H2,(H,21,22)/b9-7+. The Labute approximate surface area is 145 Å². The van der Waals surface area contributed by atoms with Crippen molar-refractivity contribution in [3.63, 3.8) is 0 Å². The Morgan fingerprint density at radius 2 is 1.91 bits per heavy atom. The number of nitrogens with one attached hydrogen (secondary N) is 1. The predicted molar refractivity (Wildman–Crippen MR) is 94.6 cm³/mol. The quantitative estimate of drug-likeness (QED) is 0.596. The van der Waals surface area contributed by atoms with Gasteiger partial charge in [-0.05, 0) is 29.3 Å². The third-order valence-corrected chi connectivity index (χ3v) is 3.60. The second-order valence-corrected chi connectivity index (χ2v) is 5.67. The first kappa shape index (κ1) is 17.5. The molecule has 2 aromatic rings. The lowest BCUT2D eigenvalue weighted by Crippen LogP contribution is -2.25. The van der Waals surface area contributed by atoms with E-state index in [0.29, 0.717) is 29.8 Å². The maximum Gasteiger partial charge on any atom is 0.244 e. The van der Waals surface area contributed by atoms with Crippen LogP contribution in [0.3, 0.4) is 0 Å². The molecule has 0 aliphatic heterocycles. The van der Waals surface area contributed by atoms with Crippen LogP contribution in [0.2, 0.25) is 10.0 Å². The number of benzene rings is 2. The fraction of sp³-hybridized carbons (Fsp3) is 0.167. The van der Waals surface area contributed by atoms with Gasteiger partial charge in [0.25, 0.3) is 0 Å². The van der Waals surface area contributed by atoms with Crippen molar-refractivity contribution in [1.82, 2.24) is 5.32 Å². The smallest absolute Gasteiger partial charge is 0.244 e. The molecule has 0 radical (unpaired) electrons. The summed E-state index contributed by atoms with van der Waals surface area (Å²) in [6.45, 7) is 1.44. The van der Waals surface area contributed by atoms with Crippen LogP contribution < -0.4 is 5.32 Å². The second-order valence-electron chi connectivity index (χ2n) is 4.83. The minimum atomic E-state index is -0.195. The van der Waals surface area contributed by atoms with Gasteiger partial charge in [0.15, 0.2) is 0 Å². The minimum absolute atomic E-state index is 0.195. The van der Waals surface area contributed by atoms with Gasteiger partial charge in [0, 0.05) is 22.7 Å². The van der Waals surface area contributed by atoms with Crippen molar-refractivity contribution >= 4 is 35.2 Å². The number of hydrogen-bond acceptors (Lipinski definition) is 2. The highest BCUT2D eigenvalue weighted by molar-refractivity contribution is 6.35. The highest BCUT2D eigenvalue weighted by Gasteiger charge is 1.99. The van der Waals surface area contributed by atoms with Crippen molar-refractivity contribution in [3.8, 4) is 0 Å². The Hall–Kier alpha value is -1.81. The van der Waals surface area contributed by atoms with Crippen LogP contribution in [-0.2, 0) is 16.1 Å². The van der Waals surface area contributed by atoms with E-state index >= 15 is 0 Å². The van der Waals surface area contributed by atoms with E-state index in [1.165, 1.54) is 6.08 Å². The number of amides is 1. The number of hydrogen-bond donors (Lipinski definition) is 1. The Bertz CT molecular complexity index is 672. The number of rotatable bonds is 7. The molecule has 3 nitrogen and oxygen atoms in total. The van der Waals surface area contributed by atoms with Crippen LogP contribution in [0, 0.1) is 0 Å². The van der Waals surface area contributed by atoms with Gasteiger partial charge >= 0.3 is 0 Å². The molecule has 0 atom stereocenters. The maximum absolute atomic E-state index is 11.7. The molecule has 0 bridgehead atoms. The number of halogens is 2. The predicted octanol–water partition coefficient (Wildman–Crippen LogP) is 4.34. The molecular weight excluding hydrogens is 333 g/mol. The number of carbonyl (C=O) groups excluding carboxylic acids is 1. The first-order valence-corrected chi connectivity index (χ1v) is 7.93. The van der Waals surface area contributed by atoms with E-state index in [0.717, 1.165) is 11.1 Å². The molecule has 23 heavy (non-hydrogen) atoms. The van der Waals surface area contributed by atoms with Gasteiger partial charge in [0.2, 0.25) is 5.91 Å². The van der Waals surface area contributed by atoms with Gasteiger partial charge in [0.1, 0.15) is 0 Å². The van der Waals surface area contributed by atoms with E-state index < -0.39 is 0 Å². The normalized spacial score (nSPS) is 10.9. The van der Waals surface area contributed by atoms with Gasteiger partial charge in [-0.25, -0.2) is 0 Å². The average Bonchev–Trinajstić information content (AvgIpc) is 2.54. The van der Waals surface area contributed by atoms with E-state index in [9.17, 15) is 4.79 Å². The molecule has 0 heterocycles. The SMILES string of the molecule is O=C(/C=C/c1ccc(Cl)cc1Cl)NCCOCc1ccccc1. The molecule has 0 aliphatic carbocycles. The van der Waals surface area contributed by atoms with Crippen molar-refractivity contribution < 1.29 is 9.53 Å². The van der Waals surface area contributed by atoms with Gasteiger partial charge in [-0.2, -0.15) is 0 Å². The van der Waals surface area contributed by atoms with E-state index in [1.54, 1.807) is 24.3 Å². The zero-order valence-electron chi connectivity index (χ0n) is 12.5. The van der Waals surface area contributed by atoms with Crippen molar-refractivity contribution in [1.29, 1.82) is 0 Å². The number of ether oxygens (including phenoxy) is 1. The van der Waals surface area contributed by atoms with Gasteiger partial charge in [0.05, 0.1) is 13.2 Å². The number of carbonyl (C=O) groups is 1. The molecule has 0 spiro atoms. The highest BCUT2D eigenvalue weighted by Crippen LogP contribution is 2.21. The summed E-state index contributed by atoms with van der Waals surface area (Å²) in [5.74, 6) is -0.195. The first-order chi connectivity index (χ1) is 11.1. The summed E-state index contributed by atoms with van der Waals surface area (Å²) in [4.78, 5) is 11.7. The van der Waals surface area contributed by atoms with Crippen LogP contribution >= 0.6 is 23.2 Å². The topological polar surface area (TPSA) is 38.3 Å². The van der Waals surface area contributed by atoms with E-state index in [-0.39, 0.29) is 5.91 Å². The third-order valence-electron chi connectivity index (χ3n) is 3.03. The highest BCUT2D eigenvalue weighted by atomic mass is 35.5. The Morgan fingerprint density at radius 1 is 1.13 bits per heavy atom. The molecule has 0 unspecified atom stereocenters. The molecule has 1 amide bonds. The van der Waals surface area contributed by atoms with E-state index in [2.05, 4.69) is 5.32 Å². The summed E-state index contributed by atoms with van der Waals surface area (Å²) >= 11 is 11.8. The Kier molecular flexibility index (Phi) is 7.14.